The monoisotopic (exact) mass is 474 g/mol. The Hall–Kier alpha value is -4.58. The molecule has 36 heavy (non-hydrogen) atoms. The predicted octanol–water partition coefficient (Wildman–Crippen LogP) is 7.19. The lowest BCUT2D eigenvalue weighted by atomic mass is 9.86. The fourth-order valence-electron chi connectivity index (χ4n) is 5.21. The van der Waals surface area contributed by atoms with E-state index in [-0.39, 0.29) is 12.1 Å². The lowest BCUT2D eigenvalue weighted by Gasteiger charge is -2.47. The summed E-state index contributed by atoms with van der Waals surface area (Å²) in [4.78, 5) is 30.9. The fourth-order valence-corrected chi connectivity index (χ4v) is 5.21. The van der Waals surface area contributed by atoms with Crippen molar-refractivity contribution >= 4 is 34.8 Å². The van der Waals surface area contributed by atoms with Crippen LogP contribution >= 0.6 is 0 Å². The van der Waals surface area contributed by atoms with E-state index in [4.69, 9.17) is 0 Å². The van der Waals surface area contributed by atoms with Gasteiger partial charge in [0.15, 0.2) is 0 Å². The van der Waals surface area contributed by atoms with Gasteiger partial charge in [0, 0.05) is 33.9 Å². The second-order valence-electron chi connectivity index (χ2n) is 9.34. The molecule has 2 unspecified atom stereocenters. The molecule has 0 saturated carbocycles. The number of nitrogens with one attached hydrogen (secondary N) is 2. The van der Waals surface area contributed by atoms with Crippen molar-refractivity contribution in [1.82, 2.24) is 0 Å². The normalized spacial score (nSPS) is 18.7. The standard InChI is InChI=1S/C30H26N4O2/c1-19-11-15-21(16-12-19)33-27(23-7-3-5-9-25(23)31-29(33)35)28-24-8-4-6-10-26(24)32-30(36)34(28)22-17-13-20(2)14-18-22/h3-18,27-28H,1-2H3,(H,31,35)(H,32,36). The number of urea groups is 2. The summed E-state index contributed by atoms with van der Waals surface area (Å²) in [5.41, 5.74) is 7.16. The SMILES string of the molecule is Cc1ccc(N2C(=O)Nc3ccccc3C2C2c3ccccc3NC(=O)N2c2ccc(C)cc2)cc1. The molecule has 6 heteroatoms. The van der Waals surface area contributed by atoms with Crippen LogP contribution in [0.15, 0.2) is 97.1 Å². The zero-order valence-electron chi connectivity index (χ0n) is 20.1. The predicted molar refractivity (Wildman–Crippen MR) is 144 cm³/mol. The summed E-state index contributed by atoms with van der Waals surface area (Å²) in [6.45, 7) is 4.04. The van der Waals surface area contributed by atoms with Gasteiger partial charge >= 0.3 is 12.1 Å². The molecule has 2 aliphatic heterocycles. The van der Waals surface area contributed by atoms with Gasteiger partial charge in [0.2, 0.25) is 0 Å². The van der Waals surface area contributed by atoms with Crippen molar-refractivity contribution < 1.29 is 9.59 Å². The van der Waals surface area contributed by atoms with Gasteiger partial charge in [0.05, 0.1) is 12.1 Å². The van der Waals surface area contributed by atoms with Crippen LogP contribution in [0.5, 0.6) is 0 Å². The number of para-hydroxylation sites is 2. The molecule has 4 aromatic rings. The summed E-state index contributed by atoms with van der Waals surface area (Å²) >= 11 is 0. The molecule has 2 N–H and O–H groups in total. The third-order valence-corrected chi connectivity index (χ3v) is 6.96. The van der Waals surface area contributed by atoms with Crippen molar-refractivity contribution in [1.29, 1.82) is 0 Å². The van der Waals surface area contributed by atoms with E-state index in [0.717, 1.165) is 45.0 Å². The van der Waals surface area contributed by atoms with Crippen LogP contribution in [-0.2, 0) is 0 Å². The van der Waals surface area contributed by atoms with Crippen molar-refractivity contribution in [2.75, 3.05) is 20.4 Å². The highest BCUT2D eigenvalue weighted by Gasteiger charge is 2.46. The van der Waals surface area contributed by atoms with E-state index in [9.17, 15) is 9.59 Å². The Morgan fingerprint density at radius 2 is 0.889 bits per heavy atom. The number of carbonyl (C=O) groups is 2. The van der Waals surface area contributed by atoms with Crippen molar-refractivity contribution in [3.05, 3.63) is 119 Å². The van der Waals surface area contributed by atoms with E-state index in [1.54, 1.807) is 9.80 Å². The number of hydrogen-bond donors (Lipinski definition) is 2. The Balaban J connectivity index is 1.62. The zero-order valence-corrected chi connectivity index (χ0v) is 20.1. The highest BCUT2D eigenvalue weighted by atomic mass is 16.2. The average molecular weight is 475 g/mol. The van der Waals surface area contributed by atoms with Crippen LogP contribution in [0.1, 0.15) is 34.3 Å². The maximum atomic E-state index is 13.7. The van der Waals surface area contributed by atoms with Crippen LogP contribution in [0.2, 0.25) is 0 Å². The molecular formula is C30H26N4O2. The Morgan fingerprint density at radius 3 is 1.28 bits per heavy atom. The number of nitrogens with zero attached hydrogens (tertiary/aromatic N) is 2. The van der Waals surface area contributed by atoms with Gasteiger partial charge in [0.25, 0.3) is 0 Å². The molecule has 6 nitrogen and oxygen atoms in total. The molecular weight excluding hydrogens is 448 g/mol. The smallest absolute Gasteiger partial charge is 0.307 e. The summed E-state index contributed by atoms with van der Waals surface area (Å²) in [6, 6.07) is 30.1. The summed E-state index contributed by atoms with van der Waals surface area (Å²) in [5, 5.41) is 6.11. The van der Waals surface area contributed by atoms with Gasteiger partial charge in [-0.1, -0.05) is 71.8 Å². The minimum Gasteiger partial charge on any atom is -0.307 e. The maximum absolute atomic E-state index is 13.7. The van der Waals surface area contributed by atoms with Gasteiger partial charge < -0.3 is 10.6 Å². The maximum Gasteiger partial charge on any atom is 0.326 e. The number of benzene rings is 4. The Bertz CT molecular complexity index is 1350. The average Bonchev–Trinajstić information content (AvgIpc) is 2.88. The summed E-state index contributed by atoms with van der Waals surface area (Å²) < 4.78 is 0. The second kappa shape index (κ2) is 8.57. The van der Waals surface area contributed by atoms with Gasteiger partial charge in [-0.3, -0.25) is 9.80 Å². The van der Waals surface area contributed by atoms with Crippen LogP contribution in [0, 0.1) is 13.8 Å². The van der Waals surface area contributed by atoms with Crippen molar-refractivity contribution in [3.8, 4) is 0 Å². The number of carbonyl (C=O) groups excluding carboxylic acids is 2. The quantitative estimate of drug-likeness (QED) is 0.330. The molecule has 0 saturated heterocycles. The molecule has 178 valence electrons. The first-order valence-corrected chi connectivity index (χ1v) is 12.0. The molecule has 0 spiro atoms. The van der Waals surface area contributed by atoms with Crippen molar-refractivity contribution in [2.24, 2.45) is 0 Å². The number of anilines is 4. The van der Waals surface area contributed by atoms with Crippen LogP contribution < -0.4 is 20.4 Å². The van der Waals surface area contributed by atoms with Crippen LogP contribution in [-0.4, -0.2) is 12.1 Å². The largest absolute Gasteiger partial charge is 0.326 e. The molecule has 2 aliphatic rings. The molecule has 0 bridgehead atoms. The Labute approximate surface area is 210 Å². The first-order chi connectivity index (χ1) is 17.5. The third-order valence-electron chi connectivity index (χ3n) is 6.96. The van der Waals surface area contributed by atoms with Crippen molar-refractivity contribution in [3.63, 3.8) is 0 Å². The zero-order chi connectivity index (χ0) is 24.8. The number of hydrogen-bond acceptors (Lipinski definition) is 2. The molecule has 0 aromatic heterocycles. The number of aryl methyl sites for hydroxylation is 2. The second-order valence-corrected chi connectivity index (χ2v) is 9.34. The summed E-state index contributed by atoms with van der Waals surface area (Å²) in [6.07, 6.45) is 0. The van der Waals surface area contributed by atoms with Crippen molar-refractivity contribution in [2.45, 2.75) is 25.9 Å². The molecule has 0 radical (unpaired) electrons. The molecule has 6 rings (SSSR count). The molecule has 0 fully saturated rings. The first-order valence-electron chi connectivity index (χ1n) is 12.0. The lowest BCUT2D eigenvalue weighted by Crippen LogP contribution is -2.52. The summed E-state index contributed by atoms with van der Waals surface area (Å²) in [5.74, 6) is 0. The Morgan fingerprint density at radius 1 is 0.528 bits per heavy atom. The lowest BCUT2D eigenvalue weighted by molar-refractivity contribution is 0.246. The van der Waals surface area contributed by atoms with E-state index in [0.29, 0.717) is 0 Å². The topological polar surface area (TPSA) is 64.7 Å². The van der Waals surface area contributed by atoms with Crippen LogP contribution in [0.4, 0.5) is 32.3 Å². The fraction of sp³-hybridized carbons (Fsp3) is 0.133. The number of amides is 4. The molecule has 2 atom stereocenters. The number of fused-ring (bicyclic) bond motifs is 2. The first kappa shape index (κ1) is 21.9. The van der Waals surface area contributed by atoms with E-state index in [1.807, 2.05) is 111 Å². The molecule has 4 aromatic carbocycles. The van der Waals surface area contributed by atoms with Crippen LogP contribution in [0.3, 0.4) is 0 Å². The van der Waals surface area contributed by atoms with Gasteiger partial charge in [0.1, 0.15) is 0 Å². The minimum atomic E-state index is -0.467. The van der Waals surface area contributed by atoms with Gasteiger partial charge in [-0.2, -0.15) is 0 Å². The van der Waals surface area contributed by atoms with Crippen LogP contribution in [0.25, 0.3) is 0 Å². The van der Waals surface area contributed by atoms with E-state index < -0.39 is 12.1 Å². The van der Waals surface area contributed by atoms with Gasteiger partial charge in [-0.15, -0.1) is 0 Å². The number of rotatable bonds is 3. The Kier molecular flexibility index (Phi) is 5.22. The van der Waals surface area contributed by atoms with E-state index in [1.165, 1.54) is 0 Å². The third kappa shape index (κ3) is 3.58. The van der Waals surface area contributed by atoms with Gasteiger partial charge in [-0.05, 0) is 50.2 Å². The summed E-state index contributed by atoms with van der Waals surface area (Å²) in [7, 11) is 0. The highest BCUT2D eigenvalue weighted by molar-refractivity contribution is 6.08. The molecule has 0 aliphatic carbocycles. The minimum absolute atomic E-state index is 0.227. The van der Waals surface area contributed by atoms with E-state index >= 15 is 0 Å². The highest BCUT2D eigenvalue weighted by Crippen LogP contribution is 2.50. The molecule has 2 heterocycles. The van der Waals surface area contributed by atoms with Gasteiger partial charge in [-0.25, -0.2) is 9.59 Å². The van der Waals surface area contributed by atoms with E-state index in [2.05, 4.69) is 10.6 Å². The molecule has 4 amide bonds.